The Morgan fingerprint density at radius 2 is 1.87 bits per heavy atom. The molecule has 1 aromatic carbocycles. The van der Waals surface area contributed by atoms with Crippen molar-refractivity contribution in [1.29, 1.82) is 0 Å². The van der Waals surface area contributed by atoms with Crippen molar-refractivity contribution < 1.29 is 19.1 Å². The predicted molar refractivity (Wildman–Crippen MR) is 84.3 cm³/mol. The highest BCUT2D eigenvalue weighted by Crippen LogP contribution is 2.19. The number of benzene rings is 1. The van der Waals surface area contributed by atoms with Crippen LogP contribution >= 0.6 is 0 Å². The van der Waals surface area contributed by atoms with E-state index in [0.717, 1.165) is 5.56 Å². The van der Waals surface area contributed by atoms with Crippen molar-refractivity contribution in [3.05, 3.63) is 60.1 Å². The molecule has 0 fully saturated rings. The minimum absolute atomic E-state index is 0.132. The third-order valence-electron chi connectivity index (χ3n) is 3.50. The van der Waals surface area contributed by atoms with Crippen molar-refractivity contribution in [2.45, 2.75) is 25.5 Å². The molecule has 3 N–H and O–H groups in total. The molecule has 1 heterocycles. The van der Waals surface area contributed by atoms with Crippen molar-refractivity contribution >= 4 is 11.8 Å². The Morgan fingerprint density at radius 3 is 2.48 bits per heavy atom. The van der Waals surface area contributed by atoms with Crippen molar-refractivity contribution in [2.75, 3.05) is 6.54 Å². The highest BCUT2D eigenvalue weighted by Gasteiger charge is 2.28. The molecule has 0 aliphatic carbocycles. The molecule has 0 aliphatic rings. The summed E-state index contributed by atoms with van der Waals surface area (Å²) >= 11 is 0. The Balaban J connectivity index is 1.87. The summed E-state index contributed by atoms with van der Waals surface area (Å²) in [6, 6.07) is 12.3. The minimum atomic E-state index is -1.38. The van der Waals surface area contributed by atoms with E-state index in [0.29, 0.717) is 5.76 Å². The summed E-state index contributed by atoms with van der Waals surface area (Å²) in [5.74, 6) is -1.24. The zero-order valence-electron chi connectivity index (χ0n) is 13.1. The molecule has 2 aromatic rings. The molecule has 0 saturated heterocycles. The quantitative estimate of drug-likeness (QED) is 0.729. The van der Waals surface area contributed by atoms with Crippen LogP contribution in [0.1, 0.15) is 31.2 Å². The summed E-state index contributed by atoms with van der Waals surface area (Å²) in [5, 5.41) is 15.2. The van der Waals surface area contributed by atoms with Crippen molar-refractivity contribution in [3.8, 4) is 0 Å². The summed E-state index contributed by atoms with van der Waals surface area (Å²) in [4.78, 5) is 23.8. The van der Waals surface area contributed by atoms with E-state index in [2.05, 4.69) is 10.6 Å². The summed E-state index contributed by atoms with van der Waals surface area (Å²) in [6.45, 7) is 3.16. The van der Waals surface area contributed by atoms with E-state index < -0.39 is 17.4 Å². The number of carbonyl (C=O) groups is 2. The molecule has 2 atom stereocenters. The fraction of sp³-hybridized carbons (Fsp3) is 0.294. The monoisotopic (exact) mass is 316 g/mol. The molecule has 0 unspecified atom stereocenters. The van der Waals surface area contributed by atoms with Crippen LogP contribution in [0.25, 0.3) is 0 Å². The second-order valence-electron chi connectivity index (χ2n) is 5.54. The van der Waals surface area contributed by atoms with Crippen LogP contribution in [0.2, 0.25) is 0 Å². The lowest BCUT2D eigenvalue weighted by Gasteiger charge is -2.21. The van der Waals surface area contributed by atoms with Gasteiger partial charge in [0.25, 0.3) is 0 Å². The van der Waals surface area contributed by atoms with Crippen molar-refractivity contribution in [1.82, 2.24) is 10.6 Å². The minimum Gasteiger partial charge on any atom is -0.466 e. The van der Waals surface area contributed by atoms with Gasteiger partial charge >= 0.3 is 11.8 Å². The van der Waals surface area contributed by atoms with Crippen LogP contribution in [0.4, 0.5) is 0 Å². The first-order valence-corrected chi connectivity index (χ1v) is 7.30. The fourth-order valence-electron chi connectivity index (χ4n) is 2.09. The van der Waals surface area contributed by atoms with E-state index in [1.54, 1.807) is 19.1 Å². The van der Waals surface area contributed by atoms with E-state index in [1.165, 1.54) is 13.2 Å². The number of rotatable bonds is 5. The van der Waals surface area contributed by atoms with Crippen LogP contribution in [0.15, 0.2) is 53.1 Å². The van der Waals surface area contributed by atoms with Gasteiger partial charge in [-0.3, -0.25) is 9.59 Å². The molecule has 122 valence electrons. The lowest BCUT2D eigenvalue weighted by atomic mass is 10.0. The summed E-state index contributed by atoms with van der Waals surface area (Å²) < 4.78 is 5.11. The number of aliphatic hydroxyl groups is 1. The zero-order valence-corrected chi connectivity index (χ0v) is 13.1. The Hall–Kier alpha value is -2.60. The molecule has 0 radical (unpaired) electrons. The van der Waals surface area contributed by atoms with Crippen LogP contribution < -0.4 is 10.6 Å². The van der Waals surface area contributed by atoms with Gasteiger partial charge in [-0.15, -0.1) is 0 Å². The molecule has 6 nitrogen and oxygen atoms in total. The summed E-state index contributed by atoms with van der Waals surface area (Å²) in [7, 11) is 0. The molecule has 0 aliphatic heterocycles. The second kappa shape index (κ2) is 7.11. The summed E-state index contributed by atoms with van der Waals surface area (Å²) in [5.41, 5.74) is -0.485. The first-order valence-electron chi connectivity index (χ1n) is 7.30. The lowest BCUT2D eigenvalue weighted by molar-refractivity contribution is -0.140. The van der Waals surface area contributed by atoms with Crippen molar-refractivity contribution in [3.63, 3.8) is 0 Å². The van der Waals surface area contributed by atoms with E-state index in [1.807, 2.05) is 30.3 Å². The van der Waals surface area contributed by atoms with Crippen LogP contribution in [0, 0.1) is 0 Å². The third-order valence-corrected chi connectivity index (χ3v) is 3.50. The molecule has 1 aromatic heterocycles. The average molecular weight is 316 g/mol. The number of nitrogens with one attached hydrogen (secondary N) is 2. The lowest BCUT2D eigenvalue weighted by Crippen LogP contribution is -2.45. The Labute approximate surface area is 134 Å². The second-order valence-corrected chi connectivity index (χ2v) is 5.54. The maximum absolute atomic E-state index is 11.9. The molecule has 2 rings (SSSR count). The molecular weight excluding hydrogens is 296 g/mol. The standard InChI is InChI=1S/C17H20N2O4/c1-12(13-7-4-3-5-8-13)19-16(21)15(20)18-11-17(2,22)14-9-6-10-23-14/h3-10,12,22H,11H2,1-2H3,(H,18,20)(H,19,21)/t12-,17-/m0/s1. The predicted octanol–water partition coefficient (Wildman–Crippen LogP) is 1.48. The van der Waals surface area contributed by atoms with Crippen LogP contribution in [-0.2, 0) is 15.2 Å². The van der Waals surface area contributed by atoms with E-state index in [-0.39, 0.29) is 12.6 Å². The van der Waals surface area contributed by atoms with Gasteiger partial charge < -0.3 is 20.2 Å². The van der Waals surface area contributed by atoms with Gasteiger partial charge in [-0.1, -0.05) is 30.3 Å². The molecule has 0 spiro atoms. The third kappa shape index (κ3) is 4.43. The van der Waals surface area contributed by atoms with Gasteiger partial charge in [-0.05, 0) is 31.5 Å². The molecule has 23 heavy (non-hydrogen) atoms. The fourth-order valence-corrected chi connectivity index (χ4v) is 2.09. The molecule has 0 saturated carbocycles. The van der Waals surface area contributed by atoms with Crippen LogP contribution in [0.5, 0.6) is 0 Å². The molecular formula is C17H20N2O4. The normalized spacial score (nSPS) is 14.6. The van der Waals surface area contributed by atoms with Gasteiger partial charge in [0, 0.05) is 0 Å². The van der Waals surface area contributed by atoms with E-state index >= 15 is 0 Å². The zero-order chi connectivity index (χ0) is 16.9. The average Bonchev–Trinajstić information content (AvgIpc) is 3.08. The Kier molecular flexibility index (Phi) is 5.18. The SMILES string of the molecule is C[C@H](NC(=O)C(=O)NC[C@](C)(O)c1ccco1)c1ccccc1. The topological polar surface area (TPSA) is 91.6 Å². The highest BCUT2D eigenvalue weighted by atomic mass is 16.4. The van der Waals surface area contributed by atoms with Crippen molar-refractivity contribution in [2.24, 2.45) is 0 Å². The number of hydrogen-bond donors (Lipinski definition) is 3. The van der Waals surface area contributed by atoms with Gasteiger partial charge in [0.05, 0.1) is 18.8 Å². The van der Waals surface area contributed by atoms with E-state index in [4.69, 9.17) is 4.42 Å². The first kappa shape index (κ1) is 16.8. The number of amides is 2. The Bertz CT molecular complexity index is 650. The highest BCUT2D eigenvalue weighted by molar-refractivity contribution is 6.35. The molecule has 2 amide bonds. The van der Waals surface area contributed by atoms with Crippen LogP contribution in [0.3, 0.4) is 0 Å². The first-order chi connectivity index (χ1) is 10.9. The smallest absolute Gasteiger partial charge is 0.309 e. The molecule has 6 heteroatoms. The maximum atomic E-state index is 11.9. The Morgan fingerprint density at radius 1 is 1.17 bits per heavy atom. The van der Waals surface area contributed by atoms with Gasteiger partial charge in [-0.25, -0.2) is 0 Å². The largest absolute Gasteiger partial charge is 0.466 e. The van der Waals surface area contributed by atoms with Gasteiger partial charge in [0.15, 0.2) is 0 Å². The van der Waals surface area contributed by atoms with Gasteiger partial charge in [-0.2, -0.15) is 0 Å². The number of carbonyl (C=O) groups excluding carboxylic acids is 2. The molecule has 0 bridgehead atoms. The number of furan rings is 1. The number of hydrogen-bond acceptors (Lipinski definition) is 4. The maximum Gasteiger partial charge on any atom is 0.309 e. The summed E-state index contributed by atoms with van der Waals surface area (Å²) in [6.07, 6.45) is 1.43. The van der Waals surface area contributed by atoms with Gasteiger partial charge in [0.1, 0.15) is 11.4 Å². The van der Waals surface area contributed by atoms with Gasteiger partial charge in [0.2, 0.25) is 0 Å². The van der Waals surface area contributed by atoms with Crippen LogP contribution in [-0.4, -0.2) is 23.5 Å². The van der Waals surface area contributed by atoms with E-state index in [9.17, 15) is 14.7 Å².